The Kier molecular flexibility index (Phi) is 3.56. The van der Waals surface area contributed by atoms with Gasteiger partial charge in [0.25, 0.3) is 0 Å². The van der Waals surface area contributed by atoms with Crippen molar-refractivity contribution in [2.24, 2.45) is 0 Å². The molecule has 1 aromatic carbocycles. The minimum absolute atomic E-state index is 0.0198. The molecule has 0 unspecified atom stereocenters. The lowest BCUT2D eigenvalue weighted by Gasteiger charge is -2.30. The number of benzene rings is 1. The molecule has 1 aromatic rings. The molecule has 1 rings (SSSR count). The molecule has 0 atom stereocenters. The molecule has 3 N–H and O–H groups in total. The second-order valence-electron chi connectivity index (χ2n) is 4.12. The molecule has 0 saturated heterocycles. The number of halogens is 1. The fourth-order valence-corrected chi connectivity index (χ4v) is 1.40. The predicted molar refractivity (Wildman–Crippen MR) is 63.4 cm³/mol. The van der Waals surface area contributed by atoms with Crippen molar-refractivity contribution in [1.29, 1.82) is 0 Å². The van der Waals surface area contributed by atoms with Gasteiger partial charge in [-0.25, -0.2) is 4.39 Å². The quantitative estimate of drug-likeness (QED) is 0.747. The van der Waals surface area contributed by atoms with E-state index in [0.717, 1.165) is 18.5 Å². The summed E-state index contributed by atoms with van der Waals surface area (Å²) in [5.74, 6) is -0.298. The molecule has 0 aliphatic heterocycles. The number of nitrogen functional groups attached to an aromatic ring is 1. The summed E-state index contributed by atoms with van der Waals surface area (Å²) in [7, 11) is 0. The van der Waals surface area contributed by atoms with Crippen LogP contribution in [-0.2, 0) is 0 Å². The van der Waals surface area contributed by atoms with Crippen molar-refractivity contribution in [3.63, 3.8) is 0 Å². The van der Waals surface area contributed by atoms with Crippen molar-refractivity contribution in [2.45, 2.75) is 39.2 Å². The molecule has 2 nitrogen and oxygen atoms in total. The zero-order valence-corrected chi connectivity index (χ0v) is 9.60. The number of nitrogens with one attached hydrogen (secondary N) is 1. The Morgan fingerprint density at radius 3 is 2.40 bits per heavy atom. The van der Waals surface area contributed by atoms with E-state index in [-0.39, 0.29) is 11.4 Å². The summed E-state index contributed by atoms with van der Waals surface area (Å²) < 4.78 is 12.8. The van der Waals surface area contributed by atoms with Crippen molar-refractivity contribution >= 4 is 11.4 Å². The molecule has 0 spiro atoms. The van der Waals surface area contributed by atoms with Crippen LogP contribution in [0.4, 0.5) is 15.8 Å². The van der Waals surface area contributed by atoms with Crippen LogP contribution in [0, 0.1) is 5.82 Å². The Morgan fingerprint density at radius 1 is 1.33 bits per heavy atom. The summed E-state index contributed by atoms with van der Waals surface area (Å²) in [6.45, 7) is 6.38. The Morgan fingerprint density at radius 2 is 1.93 bits per heavy atom. The smallest absolute Gasteiger partial charge is 0.125 e. The molecule has 0 saturated carbocycles. The number of rotatable bonds is 4. The van der Waals surface area contributed by atoms with Gasteiger partial charge in [0.2, 0.25) is 0 Å². The number of nitrogens with two attached hydrogens (primary N) is 1. The van der Waals surface area contributed by atoms with E-state index in [1.807, 2.05) is 0 Å². The fraction of sp³-hybridized carbons (Fsp3) is 0.500. The topological polar surface area (TPSA) is 38.0 Å². The van der Waals surface area contributed by atoms with E-state index in [2.05, 4.69) is 26.1 Å². The molecule has 0 aliphatic carbocycles. The van der Waals surface area contributed by atoms with E-state index in [1.54, 1.807) is 6.07 Å². The summed E-state index contributed by atoms with van der Waals surface area (Å²) in [5, 5.41) is 3.36. The predicted octanol–water partition coefficient (Wildman–Crippen LogP) is 3.40. The molecule has 0 aliphatic rings. The van der Waals surface area contributed by atoms with Gasteiger partial charge in [0, 0.05) is 5.54 Å². The SMILES string of the molecule is CCC(C)(CC)Nc1ccc(F)cc1N. The largest absolute Gasteiger partial charge is 0.397 e. The number of hydrogen-bond donors (Lipinski definition) is 2. The monoisotopic (exact) mass is 210 g/mol. The average Bonchev–Trinajstić information content (AvgIpc) is 2.22. The third-order valence-electron chi connectivity index (χ3n) is 3.01. The van der Waals surface area contributed by atoms with Crippen molar-refractivity contribution in [1.82, 2.24) is 0 Å². The average molecular weight is 210 g/mol. The summed E-state index contributed by atoms with van der Waals surface area (Å²) in [5.41, 5.74) is 7.02. The zero-order valence-electron chi connectivity index (χ0n) is 9.60. The second kappa shape index (κ2) is 4.51. The molecule has 0 radical (unpaired) electrons. The Balaban J connectivity index is 2.89. The Bertz CT molecular complexity index is 332. The van der Waals surface area contributed by atoms with Crippen LogP contribution < -0.4 is 11.1 Å². The molecule has 0 aromatic heterocycles. The van der Waals surface area contributed by atoms with E-state index in [1.165, 1.54) is 12.1 Å². The highest BCUT2D eigenvalue weighted by Gasteiger charge is 2.19. The van der Waals surface area contributed by atoms with E-state index >= 15 is 0 Å². The van der Waals surface area contributed by atoms with Crippen LogP contribution in [0.25, 0.3) is 0 Å². The third-order valence-corrected chi connectivity index (χ3v) is 3.01. The van der Waals surface area contributed by atoms with Gasteiger partial charge in [0.05, 0.1) is 11.4 Å². The first-order chi connectivity index (χ1) is 7.00. The highest BCUT2D eigenvalue weighted by Crippen LogP contribution is 2.26. The summed E-state index contributed by atoms with van der Waals surface area (Å²) in [6, 6.07) is 4.45. The first kappa shape index (κ1) is 11.8. The van der Waals surface area contributed by atoms with E-state index in [4.69, 9.17) is 5.73 Å². The molecule has 3 heteroatoms. The lowest BCUT2D eigenvalue weighted by molar-refractivity contribution is 0.478. The van der Waals surface area contributed by atoms with Gasteiger partial charge in [-0.1, -0.05) is 13.8 Å². The van der Waals surface area contributed by atoms with E-state index < -0.39 is 0 Å². The van der Waals surface area contributed by atoms with Gasteiger partial charge < -0.3 is 11.1 Å². The third kappa shape index (κ3) is 2.85. The lowest BCUT2D eigenvalue weighted by Crippen LogP contribution is -2.33. The highest BCUT2D eigenvalue weighted by atomic mass is 19.1. The number of hydrogen-bond acceptors (Lipinski definition) is 2. The minimum Gasteiger partial charge on any atom is -0.397 e. The molecule has 0 amide bonds. The van der Waals surface area contributed by atoms with Crippen molar-refractivity contribution in [3.05, 3.63) is 24.0 Å². The van der Waals surface area contributed by atoms with Gasteiger partial charge in [-0.2, -0.15) is 0 Å². The van der Waals surface area contributed by atoms with Crippen molar-refractivity contribution in [3.8, 4) is 0 Å². The van der Waals surface area contributed by atoms with Crippen molar-refractivity contribution in [2.75, 3.05) is 11.1 Å². The van der Waals surface area contributed by atoms with Gasteiger partial charge >= 0.3 is 0 Å². The van der Waals surface area contributed by atoms with E-state index in [9.17, 15) is 4.39 Å². The van der Waals surface area contributed by atoms with Crippen LogP contribution in [-0.4, -0.2) is 5.54 Å². The maximum Gasteiger partial charge on any atom is 0.125 e. The van der Waals surface area contributed by atoms with Crippen LogP contribution >= 0.6 is 0 Å². The zero-order chi connectivity index (χ0) is 11.5. The molecular formula is C12H19FN2. The summed E-state index contributed by atoms with van der Waals surface area (Å²) >= 11 is 0. The van der Waals surface area contributed by atoms with Crippen molar-refractivity contribution < 1.29 is 4.39 Å². The van der Waals surface area contributed by atoms with Crippen LogP contribution in [0.5, 0.6) is 0 Å². The van der Waals surface area contributed by atoms with Gasteiger partial charge in [0.1, 0.15) is 5.82 Å². The van der Waals surface area contributed by atoms with Crippen LogP contribution in [0.1, 0.15) is 33.6 Å². The second-order valence-corrected chi connectivity index (χ2v) is 4.12. The fourth-order valence-electron chi connectivity index (χ4n) is 1.40. The summed E-state index contributed by atoms with van der Waals surface area (Å²) in [4.78, 5) is 0. The molecule has 0 heterocycles. The molecular weight excluding hydrogens is 191 g/mol. The maximum absolute atomic E-state index is 12.8. The van der Waals surface area contributed by atoms with Crippen LogP contribution in [0.2, 0.25) is 0 Å². The van der Waals surface area contributed by atoms with Gasteiger partial charge in [0.15, 0.2) is 0 Å². The Hall–Kier alpha value is -1.25. The maximum atomic E-state index is 12.8. The summed E-state index contributed by atoms with van der Waals surface area (Å²) in [6.07, 6.45) is 2.00. The number of anilines is 2. The first-order valence-corrected chi connectivity index (χ1v) is 5.34. The minimum atomic E-state index is -0.298. The lowest BCUT2D eigenvalue weighted by atomic mass is 9.95. The van der Waals surface area contributed by atoms with Gasteiger partial charge in [-0.15, -0.1) is 0 Å². The normalized spacial score (nSPS) is 11.5. The van der Waals surface area contributed by atoms with Crippen LogP contribution in [0.15, 0.2) is 18.2 Å². The molecule has 15 heavy (non-hydrogen) atoms. The first-order valence-electron chi connectivity index (χ1n) is 5.34. The standard InChI is InChI=1S/C12H19FN2/c1-4-12(3,5-2)15-11-7-6-9(13)8-10(11)14/h6-8,15H,4-5,14H2,1-3H3. The molecule has 0 fully saturated rings. The molecule has 84 valence electrons. The molecule has 0 bridgehead atoms. The van der Waals surface area contributed by atoms with Crippen LogP contribution in [0.3, 0.4) is 0 Å². The highest BCUT2D eigenvalue weighted by molar-refractivity contribution is 5.66. The van der Waals surface area contributed by atoms with Gasteiger partial charge in [-0.05, 0) is 38.0 Å². The van der Waals surface area contributed by atoms with Gasteiger partial charge in [-0.3, -0.25) is 0 Å². The Labute approximate surface area is 90.7 Å². The van der Waals surface area contributed by atoms with E-state index in [0.29, 0.717) is 5.69 Å².